The number of anilines is 1. The smallest absolute Gasteiger partial charge is 0.323 e. The number of urea groups is 1. The summed E-state index contributed by atoms with van der Waals surface area (Å²) in [6.45, 7) is 1.60. The van der Waals surface area contributed by atoms with Gasteiger partial charge in [-0.25, -0.2) is 4.79 Å². The lowest BCUT2D eigenvalue weighted by Crippen LogP contribution is -2.57. The van der Waals surface area contributed by atoms with E-state index in [1.807, 2.05) is 6.92 Å². The summed E-state index contributed by atoms with van der Waals surface area (Å²) in [5.74, 6) is -1.02. The molecule has 1 aliphatic rings. The van der Waals surface area contributed by atoms with Crippen molar-refractivity contribution in [2.45, 2.75) is 38.1 Å². The van der Waals surface area contributed by atoms with Crippen LogP contribution in [-0.4, -0.2) is 34.3 Å². The van der Waals surface area contributed by atoms with Crippen LogP contribution in [0.1, 0.15) is 32.6 Å². The van der Waals surface area contributed by atoms with Crippen LogP contribution in [0.25, 0.3) is 0 Å². The molecule has 1 aromatic carbocycles. The van der Waals surface area contributed by atoms with Crippen LogP contribution in [0.5, 0.6) is 5.75 Å². The molecule has 1 aliphatic carbocycles. The van der Waals surface area contributed by atoms with Crippen molar-refractivity contribution in [1.82, 2.24) is 5.32 Å². The number of carbonyl (C=O) groups is 2. The molecule has 2 amide bonds. The van der Waals surface area contributed by atoms with Crippen LogP contribution in [0.2, 0.25) is 0 Å². The van der Waals surface area contributed by atoms with E-state index in [-0.39, 0.29) is 11.3 Å². The summed E-state index contributed by atoms with van der Waals surface area (Å²) in [7, 11) is 0. The van der Waals surface area contributed by atoms with Crippen molar-refractivity contribution in [1.29, 1.82) is 0 Å². The highest BCUT2D eigenvalue weighted by molar-refractivity contribution is 5.96. The van der Waals surface area contributed by atoms with Gasteiger partial charge in [0.1, 0.15) is 12.3 Å². The van der Waals surface area contributed by atoms with E-state index in [9.17, 15) is 14.7 Å². The van der Waals surface area contributed by atoms with E-state index in [0.717, 1.165) is 25.7 Å². The number of benzene rings is 1. The number of rotatable bonds is 5. The van der Waals surface area contributed by atoms with E-state index in [4.69, 9.17) is 5.11 Å². The molecule has 21 heavy (non-hydrogen) atoms. The van der Waals surface area contributed by atoms with E-state index in [1.54, 1.807) is 0 Å². The van der Waals surface area contributed by atoms with Crippen LogP contribution in [0.15, 0.2) is 24.3 Å². The number of amides is 2. The molecule has 0 aromatic heterocycles. The molecule has 114 valence electrons. The first kappa shape index (κ1) is 15.2. The second-order valence-electron chi connectivity index (χ2n) is 5.41. The lowest BCUT2D eigenvalue weighted by Gasteiger charge is -2.43. The third kappa shape index (κ3) is 3.45. The molecule has 0 atom stereocenters. The van der Waals surface area contributed by atoms with Crippen molar-refractivity contribution in [3.63, 3.8) is 0 Å². The first-order valence-electron chi connectivity index (χ1n) is 7.06. The van der Waals surface area contributed by atoms with E-state index >= 15 is 0 Å². The Morgan fingerprint density at radius 1 is 1.29 bits per heavy atom. The molecule has 0 unspecified atom stereocenters. The van der Waals surface area contributed by atoms with Crippen molar-refractivity contribution >= 4 is 17.7 Å². The largest absolute Gasteiger partial charge is 0.508 e. The van der Waals surface area contributed by atoms with E-state index in [0.29, 0.717) is 5.69 Å². The summed E-state index contributed by atoms with van der Waals surface area (Å²) in [5, 5.41) is 21.3. The number of carbonyl (C=O) groups excluding carboxylic acids is 1. The number of phenolic OH excluding ortho intramolecular Hbond substituents is 1. The van der Waals surface area contributed by atoms with Crippen LogP contribution in [0.3, 0.4) is 0 Å². The van der Waals surface area contributed by atoms with Gasteiger partial charge in [0.15, 0.2) is 0 Å². The Balaban J connectivity index is 2.17. The third-order valence-electron chi connectivity index (χ3n) is 4.06. The Morgan fingerprint density at radius 2 is 1.90 bits per heavy atom. The van der Waals surface area contributed by atoms with Crippen LogP contribution in [0, 0.1) is 0 Å². The average Bonchev–Trinajstić information content (AvgIpc) is 2.41. The normalized spacial score (nSPS) is 15.9. The number of phenols is 1. The molecule has 1 fully saturated rings. The van der Waals surface area contributed by atoms with Gasteiger partial charge in [-0.1, -0.05) is 6.92 Å². The first-order chi connectivity index (χ1) is 9.96. The Labute approximate surface area is 123 Å². The molecule has 0 saturated heterocycles. The number of carboxylic acid groups (broad SMARTS) is 1. The van der Waals surface area contributed by atoms with Crippen LogP contribution < -0.4 is 10.2 Å². The van der Waals surface area contributed by atoms with E-state index < -0.39 is 18.5 Å². The summed E-state index contributed by atoms with van der Waals surface area (Å²) < 4.78 is 0. The SMILES string of the molecule is CCC1(NC(=O)N(CC(=O)O)c2ccc(O)cc2)CCC1. The highest BCUT2D eigenvalue weighted by Crippen LogP contribution is 2.35. The molecule has 6 heteroatoms. The Morgan fingerprint density at radius 3 is 2.33 bits per heavy atom. The van der Waals surface area contributed by atoms with Crippen molar-refractivity contribution in [3.8, 4) is 5.75 Å². The van der Waals surface area contributed by atoms with Crippen LogP contribution in [0.4, 0.5) is 10.5 Å². The van der Waals surface area contributed by atoms with Gasteiger partial charge in [0.25, 0.3) is 0 Å². The van der Waals surface area contributed by atoms with Crippen molar-refractivity contribution in [2.75, 3.05) is 11.4 Å². The fraction of sp³-hybridized carbons (Fsp3) is 0.467. The molecule has 0 heterocycles. The maximum absolute atomic E-state index is 12.4. The lowest BCUT2D eigenvalue weighted by atomic mass is 9.75. The molecule has 0 aliphatic heterocycles. The summed E-state index contributed by atoms with van der Waals surface area (Å²) in [6.07, 6.45) is 3.75. The minimum absolute atomic E-state index is 0.0680. The predicted molar refractivity (Wildman–Crippen MR) is 78.5 cm³/mol. The van der Waals surface area contributed by atoms with Gasteiger partial charge in [-0.15, -0.1) is 0 Å². The number of aliphatic carboxylic acids is 1. The monoisotopic (exact) mass is 292 g/mol. The Bertz CT molecular complexity index is 517. The Kier molecular flexibility index (Phi) is 4.35. The minimum Gasteiger partial charge on any atom is -0.508 e. The van der Waals surface area contributed by atoms with Crippen molar-refractivity contribution in [2.24, 2.45) is 0 Å². The molecule has 3 N–H and O–H groups in total. The fourth-order valence-corrected chi connectivity index (χ4v) is 2.51. The summed E-state index contributed by atoms with van der Waals surface area (Å²) >= 11 is 0. The number of nitrogens with one attached hydrogen (secondary N) is 1. The number of aromatic hydroxyl groups is 1. The van der Waals surface area contributed by atoms with Gasteiger partial charge in [0.2, 0.25) is 0 Å². The molecule has 0 radical (unpaired) electrons. The second kappa shape index (κ2) is 6.03. The number of hydrogen-bond donors (Lipinski definition) is 3. The number of nitrogens with zero attached hydrogens (tertiary/aromatic N) is 1. The van der Waals surface area contributed by atoms with Gasteiger partial charge in [-0.2, -0.15) is 0 Å². The molecular formula is C15H20N2O4. The molecule has 1 saturated carbocycles. The second-order valence-corrected chi connectivity index (χ2v) is 5.41. The zero-order valence-electron chi connectivity index (χ0n) is 12.0. The van der Waals surface area contributed by atoms with Crippen LogP contribution >= 0.6 is 0 Å². The molecule has 0 bridgehead atoms. The van der Waals surface area contributed by atoms with Gasteiger partial charge >= 0.3 is 12.0 Å². The summed E-state index contributed by atoms with van der Waals surface area (Å²) in [5.41, 5.74) is 0.239. The van der Waals surface area contributed by atoms with Gasteiger partial charge in [0.05, 0.1) is 0 Å². The highest BCUT2D eigenvalue weighted by Gasteiger charge is 2.37. The summed E-state index contributed by atoms with van der Waals surface area (Å²) in [6, 6.07) is 5.49. The van der Waals surface area contributed by atoms with Gasteiger partial charge < -0.3 is 15.5 Å². The van der Waals surface area contributed by atoms with Gasteiger partial charge in [0, 0.05) is 11.2 Å². The van der Waals surface area contributed by atoms with Gasteiger partial charge in [-0.05, 0) is 49.9 Å². The predicted octanol–water partition coefficient (Wildman–Crippen LogP) is 2.33. The molecule has 0 spiro atoms. The lowest BCUT2D eigenvalue weighted by molar-refractivity contribution is -0.135. The summed E-state index contributed by atoms with van der Waals surface area (Å²) in [4.78, 5) is 24.6. The van der Waals surface area contributed by atoms with Gasteiger partial charge in [-0.3, -0.25) is 9.69 Å². The van der Waals surface area contributed by atoms with Crippen molar-refractivity contribution in [3.05, 3.63) is 24.3 Å². The van der Waals surface area contributed by atoms with Crippen molar-refractivity contribution < 1.29 is 19.8 Å². The third-order valence-corrected chi connectivity index (χ3v) is 4.06. The van der Waals surface area contributed by atoms with E-state index in [1.165, 1.54) is 29.2 Å². The molecule has 6 nitrogen and oxygen atoms in total. The zero-order chi connectivity index (χ0) is 15.5. The Hall–Kier alpha value is -2.24. The molecular weight excluding hydrogens is 272 g/mol. The maximum Gasteiger partial charge on any atom is 0.323 e. The number of hydrogen-bond acceptors (Lipinski definition) is 3. The average molecular weight is 292 g/mol. The van der Waals surface area contributed by atoms with E-state index in [2.05, 4.69) is 5.32 Å². The maximum atomic E-state index is 12.4. The molecule has 1 aromatic rings. The highest BCUT2D eigenvalue weighted by atomic mass is 16.4. The number of carboxylic acids is 1. The minimum atomic E-state index is -1.09. The fourth-order valence-electron chi connectivity index (χ4n) is 2.51. The molecule has 2 rings (SSSR count). The van der Waals surface area contributed by atoms with Crippen LogP contribution in [-0.2, 0) is 4.79 Å². The first-order valence-corrected chi connectivity index (χ1v) is 7.06. The zero-order valence-corrected chi connectivity index (χ0v) is 12.0. The quantitative estimate of drug-likeness (QED) is 0.777. The standard InChI is InChI=1S/C15H20N2O4/c1-2-15(8-3-9-15)16-14(21)17(10-13(19)20)11-4-6-12(18)7-5-11/h4-7,18H,2-3,8-10H2,1H3,(H,16,21)(H,19,20). The topological polar surface area (TPSA) is 89.9 Å².